The number of nitrogens with zero attached hydrogens (tertiary/aromatic N) is 2. The lowest BCUT2D eigenvalue weighted by Crippen LogP contribution is -2.14. The molecule has 184 valence electrons. The molecule has 11 heteroatoms. The molecule has 3 aromatic carbocycles. The Morgan fingerprint density at radius 2 is 1.83 bits per heavy atom. The Bertz CT molecular complexity index is 1430. The van der Waals surface area contributed by atoms with Crippen molar-refractivity contribution in [2.75, 3.05) is 5.32 Å². The number of hydrogen-bond acceptors (Lipinski definition) is 5. The van der Waals surface area contributed by atoms with Gasteiger partial charge in [0.1, 0.15) is 17.4 Å². The number of halogens is 4. The summed E-state index contributed by atoms with van der Waals surface area (Å²) in [5.74, 6) is -0.918. The SMILES string of the molecule is Cc1cccc(NC(=O)/C(C#N)=C/c2ccc(Oc3ccc(C(F)(F)F)cc3[N+](=O)[O-])c(Br)c2)c1C. The van der Waals surface area contributed by atoms with Crippen LogP contribution >= 0.6 is 15.9 Å². The fraction of sp³-hybridized carbons (Fsp3) is 0.120. The van der Waals surface area contributed by atoms with E-state index in [0.717, 1.165) is 17.2 Å². The van der Waals surface area contributed by atoms with Crippen LogP contribution in [0.25, 0.3) is 6.08 Å². The van der Waals surface area contributed by atoms with Crippen LogP contribution in [-0.4, -0.2) is 10.8 Å². The number of nitriles is 1. The summed E-state index contributed by atoms with van der Waals surface area (Å²) in [4.78, 5) is 22.9. The van der Waals surface area contributed by atoms with E-state index in [2.05, 4.69) is 21.2 Å². The first-order valence-corrected chi connectivity index (χ1v) is 11.0. The third-order valence-corrected chi connectivity index (χ3v) is 5.81. The first-order valence-electron chi connectivity index (χ1n) is 10.2. The molecule has 1 amide bonds. The topological polar surface area (TPSA) is 105 Å². The lowest BCUT2D eigenvalue weighted by Gasteiger charge is -2.11. The lowest BCUT2D eigenvalue weighted by atomic mass is 10.1. The molecule has 36 heavy (non-hydrogen) atoms. The molecule has 0 saturated heterocycles. The number of carbonyl (C=O) groups excluding carboxylic acids is 1. The van der Waals surface area contributed by atoms with Gasteiger partial charge in [0, 0.05) is 11.8 Å². The lowest BCUT2D eigenvalue weighted by molar-refractivity contribution is -0.385. The molecule has 0 spiro atoms. The molecule has 0 aromatic heterocycles. The largest absolute Gasteiger partial charge is 0.449 e. The average molecular weight is 560 g/mol. The van der Waals surface area contributed by atoms with Gasteiger partial charge in [-0.3, -0.25) is 14.9 Å². The highest BCUT2D eigenvalue weighted by Crippen LogP contribution is 2.39. The van der Waals surface area contributed by atoms with E-state index in [1.54, 1.807) is 12.1 Å². The zero-order chi connectivity index (χ0) is 26.6. The Kier molecular flexibility index (Phi) is 7.80. The summed E-state index contributed by atoms with van der Waals surface area (Å²) in [5.41, 5.74) is 0.649. The van der Waals surface area contributed by atoms with E-state index in [1.165, 1.54) is 24.3 Å². The zero-order valence-electron chi connectivity index (χ0n) is 18.8. The number of nitrogens with one attached hydrogen (secondary N) is 1. The van der Waals surface area contributed by atoms with Crippen LogP contribution < -0.4 is 10.1 Å². The molecule has 1 N–H and O–H groups in total. The smallest absolute Gasteiger partial charge is 0.416 e. The van der Waals surface area contributed by atoms with Crippen LogP contribution in [0.1, 0.15) is 22.3 Å². The van der Waals surface area contributed by atoms with Crippen molar-refractivity contribution in [2.45, 2.75) is 20.0 Å². The molecule has 0 bridgehead atoms. The number of nitro groups is 1. The van der Waals surface area contributed by atoms with E-state index in [9.17, 15) is 33.3 Å². The standard InChI is InChI=1S/C25H17BrF3N3O4/c1-14-4-3-5-20(15(14)2)31-24(33)17(13-30)10-16-6-8-22(19(26)11-16)36-23-9-7-18(25(27,28)29)12-21(23)32(34)35/h3-12H,1-2H3,(H,31,33)/b17-10+. The Labute approximate surface area is 212 Å². The predicted molar refractivity (Wildman–Crippen MR) is 130 cm³/mol. The number of carbonyl (C=O) groups is 1. The molecule has 0 unspecified atom stereocenters. The van der Waals surface area contributed by atoms with E-state index < -0.39 is 28.3 Å². The van der Waals surface area contributed by atoms with Gasteiger partial charge < -0.3 is 10.1 Å². The van der Waals surface area contributed by atoms with Crippen molar-refractivity contribution in [3.63, 3.8) is 0 Å². The van der Waals surface area contributed by atoms with Gasteiger partial charge in [0.05, 0.1) is 15.0 Å². The van der Waals surface area contributed by atoms with Crippen molar-refractivity contribution in [1.82, 2.24) is 0 Å². The molecule has 0 saturated carbocycles. The molecular weight excluding hydrogens is 543 g/mol. The monoisotopic (exact) mass is 559 g/mol. The number of ether oxygens (including phenoxy) is 1. The van der Waals surface area contributed by atoms with Gasteiger partial charge in [0.25, 0.3) is 5.91 Å². The quantitative estimate of drug-likeness (QED) is 0.147. The van der Waals surface area contributed by atoms with Crippen molar-refractivity contribution in [1.29, 1.82) is 5.26 Å². The van der Waals surface area contributed by atoms with Gasteiger partial charge in [-0.1, -0.05) is 18.2 Å². The van der Waals surface area contributed by atoms with E-state index >= 15 is 0 Å². The summed E-state index contributed by atoms with van der Waals surface area (Å²) in [5, 5.41) is 23.5. The van der Waals surface area contributed by atoms with Crippen molar-refractivity contribution < 1.29 is 27.6 Å². The predicted octanol–water partition coefficient (Wildman–Crippen LogP) is 7.33. The number of amides is 1. The minimum absolute atomic E-state index is 0.0772. The second kappa shape index (κ2) is 10.6. The molecular formula is C25H17BrF3N3O4. The number of alkyl halides is 3. The molecule has 0 aliphatic heterocycles. The normalized spacial score (nSPS) is 11.5. The molecule has 0 fully saturated rings. The second-order valence-corrected chi connectivity index (χ2v) is 8.46. The van der Waals surface area contributed by atoms with Crippen molar-refractivity contribution in [2.24, 2.45) is 0 Å². The van der Waals surface area contributed by atoms with Gasteiger partial charge in [-0.15, -0.1) is 0 Å². The Hall–Kier alpha value is -4.17. The van der Waals surface area contributed by atoms with E-state index in [1.807, 2.05) is 26.0 Å². The first-order chi connectivity index (χ1) is 16.9. The van der Waals surface area contributed by atoms with Gasteiger partial charge >= 0.3 is 11.9 Å². The molecule has 3 aromatic rings. The van der Waals surface area contributed by atoms with Crippen LogP contribution in [0.4, 0.5) is 24.5 Å². The molecule has 0 atom stereocenters. The van der Waals surface area contributed by atoms with E-state index in [0.29, 0.717) is 23.4 Å². The molecule has 7 nitrogen and oxygen atoms in total. The maximum atomic E-state index is 12.9. The van der Waals surface area contributed by atoms with Crippen molar-refractivity contribution in [3.8, 4) is 17.6 Å². The maximum Gasteiger partial charge on any atom is 0.416 e. The van der Waals surface area contributed by atoms with Crippen molar-refractivity contribution in [3.05, 3.63) is 97.0 Å². The van der Waals surface area contributed by atoms with Crippen LogP contribution in [0.5, 0.6) is 11.5 Å². The highest BCUT2D eigenvalue weighted by Gasteiger charge is 2.33. The third-order valence-electron chi connectivity index (χ3n) is 5.19. The maximum absolute atomic E-state index is 12.9. The van der Waals surface area contributed by atoms with Gasteiger partial charge in [0.15, 0.2) is 0 Å². The van der Waals surface area contributed by atoms with Crippen LogP contribution in [0.2, 0.25) is 0 Å². The number of rotatable bonds is 6. The average Bonchev–Trinajstić information content (AvgIpc) is 2.81. The minimum Gasteiger partial charge on any atom is -0.449 e. The van der Waals surface area contributed by atoms with Gasteiger partial charge in [-0.25, -0.2) is 0 Å². The minimum atomic E-state index is -4.75. The Morgan fingerprint density at radius 3 is 2.44 bits per heavy atom. The Balaban J connectivity index is 1.86. The van der Waals surface area contributed by atoms with Gasteiger partial charge in [-0.05, 0) is 82.9 Å². The summed E-state index contributed by atoms with van der Waals surface area (Å²) < 4.78 is 44.5. The summed E-state index contributed by atoms with van der Waals surface area (Å²) >= 11 is 3.25. The number of aryl methyl sites for hydroxylation is 1. The highest BCUT2D eigenvalue weighted by atomic mass is 79.9. The number of benzene rings is 3. The van der Waals surface area contributed by atoms with Gasteiger partial charge in [-0.2, -0.15) is 18.4 Å². The third kappa shape index (κ3) is 6.09. The summed E-state index contributed by atoms with van der Waals surface area (Å²) in [6.07, 6.45) is -3.41. The first kappa shape index (κ1) is 26.4. The van der Waals surface area contributed by atoms with Crippen LogP contribution in [0.3, 0.4) is 0 Å². The van der Waals surface area contributed by atoms with E-state index in [-0.39, 0.29) is 21.5 Å². The Morgan fingerprint density at radius 1 is 1.14 bits per heavy atom. The van der Waals surface area contributed by atoms with E-state index in [4.69, 9.17) is 4.74 Å². The number of anilines is 1. The van der Waals surface area contributed by atoms with Crippen LogP contribution in [0, 0.1) is 35.3 Å². The fourth-order valence-corrected chi connectivity index (χ4v) is 3.60. The zero-order valence-corrected chi connectivity index (χ0v) is 20.4. The van der Waals surface area contributed by atoms with Crippen LogP contribution in [-0.2, 0) is 11.0 Å². The fourth-order valence-electron chi connectivity index (χ4n) is 3.12. The highest BCUT2D eigenvalue weighted by molar-refractivity contribution is 9.10. The summed E-state index contributed by atoms with van der Waals surface area (Å²) in [7, 11) is 0. The van der Waals surface area contributed by atoms with Crippen LogP contribution in [0.15, 0.2) is 64.6 Å². The summed E-state index contributed by atoms with van der Waals surface area (Å²) in [6.45, 7) is 3.74. The van der Waals surface area contributed by atoms with Gasteiger partial charge in [0.2, 0.25) is 5.75 Å². The molecule has 0 aliphatic rings. The molecule has 3 rings (SSSR count). The summed E-state index contributed by atoms with van der Waals surface area (Å²) in [6, 6.07) is 13.6. The number of hydrogen-bond donors (Lipinski definition) is 1. The molecule has 0 aliphatic carbocycles. The number of nitro benzene ring substituents is 1. The molecule has 0 heterocycles. The van der Waals surface area contributed by atoms with Crippen molar-refractivity contribution >= 4 is 39.3 Å². The molecule has 0 radical (unpaired) electrons. The second-order valence-electron chi connectivity index (χ2n) is 7.60.